The van der Waals surface area contributed by atoms with E-state index in [0.29, 0.717) is 11.4 Å². The monoisotopic (exact) mass is 329 g/mol. The van der Waals surface area contributed by atoms with Crippen LogP contribution in [0, 0.1) is 0 Å². The van der Waals surface area contributed by atoms with Crippen molar-refractivity contribution >= 4 is 15.7 Å². The number of nitrogens with zero attached hydrogens (tertiary/aromatic N) is 2. The molecule has 0 fully saturated rings. The van der Waals surface area contributed by atoms with Gasteiger partial charge in [-0.2, -0.15) is 5.10 Å². The molecule has 0 saturated heterocycles. The maximum Gasteiger partial charge on any atom is 0.261 e. The van der Waals surface area contributed by atoms with E-state index in [2.05, 4.69) is 9.82 Å². The van der Waals surface area contributed by atoms with Gasteiger partial charge in [-0.15, -0.1) is 0 Å². The van der Waals surface area contributed by atoms with Crippen LogP contribution in [0.4, 0.5) is 5.69 Å². The molecule has 3 aromatic rings. The molecule has 0 amide bonds. The Morgan fingerprint density at radius 3 is 2.30 bits per heavy atom. The Kier molecular flexibility index (Phi) is 4.03. The van der Waals surface area contributed by atoms with E-state index in [-0.39, 0.29) is 4.90 Å². The molecular formula is C16H15N3O3S. The number of benzene rings is 2. The topological polar surface area (TPSA) is 73.2 Å². The Morgan fingerprint density at radius 1 is 1.04 bits per heavy atom. The number of hydrogen-bond donors (Lipinski definition) is 1. The zero-order valence-electron chi connectivity index (χ0n) is 12.4. The zero-order valence-corrected chi connectivity index (χ0v) is 13.2. The Hall–Kier alpha value is -2.80. The number of hydrogen-bond acceptors (Lipinski definition) is 4. The van der Waals surface area contributed by atoms with E-state index in [1.165, 1.54) is 0 Å². The smallest absolute Gasteiger partial charge is 0.261 e. The number of nitrogens with one attached hydrogen (secondary N) is 1. The van der Waals surface area contributed by atoms with Gasteiger partial charge in [0, 0.05) is 18.1 Å². The van der Waals surface area contributed by atoms with E-state index in [1.54, 1.807) is 78.8 Å². The average Bonchev–Trinajstić information content (AvgIpc) is 3.10. The molecule has 23 heavy (non-hydrogen) atoms. The van der Waals surface area contributed by atoms with E-state index in [4.69, 9.17) is 4.74 Å². The van der Waals surface area contributed by atoms with Gasteiger partial charge in [-0.1, -0.05) is 0 Å². The second-order valence-corrected chi connectivity index (χ2v) is 6.46. The second-order valence-electron chi connectivity index (χ2n) is 4.78. The molecule has 1 heterocycles. The van der Waals surface area contributed by atoms with Crippen molar-refractivity contribution in [3.63, 3.8) is 0 Å². The molecule has 118 valence electrons. The highest BCUT2D eigenvalue weighted by atomic mass is 32.2. The zero-order chi connectivity index (χ0) is 16.3. The molecule has 0 aliphatic rings. The van der Waals surface area contributed by atoms with Crippen LogP contribution in [0.25, 0.3) is 5.69 Å². The third-order valence-corrected chi connectivity index (χ3v) is 4.66. The first-order valence-electron chi connectivity index (χ1n) is 6.85. The van der Waals surface area contributed by atoms with Crippen molar-refractivity contribution in [3.05, 3.63) is 67.0 Å². The molecular weight excluding hydrogens is 314 g/mol. The fourth-order valence-corrected chi connectivity index (χ4v) is 3.13. The van der Waals surface area contributed by atoms with Gasteiger partial charge in [-0.05, 0) is 54.6 Å². The molecule has 0 bridgehead atoms. The van der Waals surface area contributed by atoms with Gasteiger partial charge in [0.25, 0.3) is 10.0 Å². The molecule has 0 spiro atoms. The first-order chi connectivity index (χ1) is 11.1. The van der Waals surface area contributed by atoms with Crippen molar-refractivity contribution in [3.8, 4) is 11.4 Å². The maximum atomic E-state index is 12.4. The van der Waals surface area contributed by atoms with Crippen molar-refractivity contribution in [1.29, 1.82) is 0 Å². The normalized spacial score (nSPS) is 11.2. The number of rotatable bonds is 5. The van der Waals surface area contributed by atoms with Crippen molar-refractivity contribution < 1.29 is 13.2 Å². The largest absolute Gasteiger partial charge is 0.497 e. The summed E-state index contributed by atoms with van der Waals surface area (Å²) >= 11 is 0. The summed E-state index contributed by atoms with van der Waals surface area (Å²) in [6, 6.07) is 15.0. The average molecular weight is 329 g/mol. The quantitative estimate of drug-likeness (QED) is 0.781. The van der Waals surface area contributed by atoms with Crippen LogP contribution < -0.4 is 9.46 Å². The van der Waals surface area contributed by atoms with Gasteiger partial charge in [-0.25, -0.2) is 13.1 Å². The summed E-state index contributed by atoms with van der Waals surface area (Å²) < 4.78 is 34.0. The molecule has 1 aromatic heterocycles. The highest BCUT2D eigenvalue weighted by Gasteiger charge is 2.14. The Bertz CT molecular complexity index is 871. The summed E-state index contributed by atoms with van der Waals surface area (Å²) in [7, 11) is -2.08. The number of aromatic nitrogens is 2. The molecule has 0 aliphatic heterocycles. The SMILES string of the molecule is COc1ccc(NS(=O)(=O)c2ccc(-n3cccn3)cc2)cc1. The van der Waals surface area contributed by atoms with Crippen LogP contribution in [-0.4, -0.2) is 25.3 Å². The van der Waals surface area contributed by atoms with Crippen molar-refractivity contribution in [2.45, 2.75) is 4.90 Å². The van der Waals surface area contributed by atoms with Gasteiger partial charge in [0.05, 0.1) is 17.7 Å². The molecule has 1 N–H and O–H groups in total. The molecule has 3 rings (SSSR count). The van der Waals surface area contributed by atoms with Crippen LogP contribution >= 0.6 is 0 Å². The highest BCUT2D eigenvalue weighted by molar-refractivity contribution is 7.92. The molecule has 6 nitrogen and oxygen atoms in total. The molecule has 0 aliphatic carbocycles. The predicted molar refractivity (Wildman–Crippen MR) is 87.4 cm³/mol. The predicted octanol–water partition coefficient (Wildman–Crippen LogP) is 2.68. The van der Waals surface area contributed by atoms with Gasteiger partial charge in [0.1, 0.15) is 5.75 Å². The van der Waals surface area contributed by atoms with Gasteiger partial charge < -0.3 is 4.74 Å². The maximum absolute atomic E-state index is 12.4. The lowest BCUT2D eigenvalue weighted by Crippen LogP contribution is -2.13. The van der Waals surface area contributed by atoms with E-state index in [0.717, 1.165) is 5.69 Å². The molecule has 0 atom stereocenters. The highest BCUT2D eigenvalue weighted by Crippen LogP contribution is 2.20. The Morgan fingerprint density at radius 2 is 1.74 bits per heavy atom. The summed E-state index contributed by atoms with van der Waals surface area (Å²) in [5.41, 5.74) is 1.26. The van der Waals surface area contributed by atoms with Crippen LogP contribution in [0.5, 0.6) is 5.75 Å². The third-order valence-electron chi connectivity index (χ3n) is 3.26. The number of ether oxygens (including phenoxy) is 1. The standard InChI is InChI=1S/C16H15N3O3S/c1-22-15-7-3-13(4-8-15)18-23(20,21)16-9-5-14(6-10-16)19-12-2-11-17-19/h2-12,18H,1H3. The first kappa shape index (κ1) is 15.1. The summed E-state index contributed by atoms with van der Waals surface area (Å²) in [5, 5.41) is 4.10. The van der Waals surface area contributed by atoms with E-state index in [9.17, 15) is 8.42 Å². The lowest BCUT2D eigenvalue weighted by Gasteiger charge is -2.09. The summed E-state index contributed by atoms with van der Waals surface area (Å²) in [5.74, 6) is 0.663. The van der Waals surface area contributed by atoms with Crippen LogP contribution in [0.2, 0.25) is 0 Å². The molecule has 0 radical (unpaired) electrons. The minimum atomic E-state index is -3.64. The van der Waals surface area contributed by atoms with E-state index >= 15 is 0 Å². The Balaban J connectivity index is 1.81. The molecule has 0 saturated carbocycles. The van der Waals surface area contributed by atoms with Crippen LogP contribution in [0.1, 0.15) is 0 Å². The summed E-state index contributed by atoms with van der Waals surface area (Å²) in [4.78, 5) is 0.184. The molecule has 7 heteroatoms. The lowest BCUT2D eigenvalue weighted by atomic mass is 10.3. The number of methoxy groups -OCH3 is 1. The van der Waals surface area contributed by atoms with Crippen LogP contribution in [0.15, 0.2) is 71.9 Å². The second kappa shape index (κ2) is 6.13. The summed E-state index contributed by atoms with van der Waals surface area (Å²) in [6.07, 6.45) is 3.45. The Labute approximate surface area is 134 Å². The molecule has 2 aromatic carbocycles. The number of anilines is 1. The van der Waals surface area contributed by atoms with E-state index in [1.807, 2.05) is 0 Å². The fraction of sp³-hybridized carbons (Fsp3) is 0.0625. The van der Waals surface area contributed by atoms with E-state index < -0.39 is 10.0 Å². The first-order valence-corrected chi connectivity index (χ1v) is 8.34. The third kappa shape index (κ3) is 3.35. The fourth-order valence-electron chi connectivity index (χ4n) is 2.07. The van der Waals surface area contributed by atoms with Gasteiger partial charge in [0.15, 0.2) is 0 Å². The van der Waals surface area contributed by atoms with Gasteiger partial charge in [-0.3, -0.25) is 4.72 Å². The van der Waals surface area contributed by atoms with Gasteiger partial charge in [0.2, 0.25) is 0 Å². The van der Waals surface area contributed by atoms with Crippen LogP contribution in [0.3, 0.4) is 0 Å². The number of sulfonamides is 1. The minimum Gasteiger partial charge on any atom is -0.497 e. The summed E-state index contributed by atoms with van der Waals surface area (Å²) in [6.45, 7) is 0. The minimum absolute atomic E-state index is 0.184. The molecule has 0 unspecified atom stereocenters. The van der Waals surface area contributed by atoms with Crippen molar-refractivity contribution in [2.75, 3.05) is 11.8 Å². The lowest BCUT2D eigenvalue weighted by molar-refractivity contribution is 0.415. The van der Waals surface area contributed by atoms with Crippen molar-refractivity contribution in [2.24, 2.45) is 0 Å². The van der Waals surface area contributed by atoms with Crippen molar-refractivity contribution in [1.82, 2.24) is 9.78 Å². The van der Waals surface area contributed by atoms with Crippen LogP contribution in [-0.2, 0) is 10.0 Å². The van der Waals surface area contributed by atoms with Gasteiger partial charge >= 0.3 is 0 Å².